The minimum Gasteiger partial charge on any atom is -0.345 e. The molecule has 0 bridgehead atoms. The number of amides is 3. The highest BCUT2D eigenvalue weighted by Crippen LogP contribution is 2.24. The van der Waals surface area contributed by atoms with Crippen LogP contribution in [0.5, 0.6) is 0 Å². The van der Waals surface area contributed by atoms with Crippen molar-refractivity contribution in [1.82, 2.24) is 14.8 Å². The van der Waals surface area contributed by atoms with E-state index >= 15 is 0 Å². The average Bonchev–Trinajstić information content (AvgIpc) is 3.27. The van der Waals surface area contributed by atoms with E-state index in [-0.39, 0.29) is 29.0 Å². The number of carbonyl (C=O) groups excluding carboxylic acids is 4. The molecule has 1 aromatic carbocycles. The number of nitrogens with zero attached hydrogens (tertiary/aromatic N) is 2. The Bertz CT molecular complexity index is 1120. The Balaban J connectivity index is 1.79. The first-order chi connectivity index (χ1) is 15.0. The van der Waals surface area contributed by atoms with Crippen LogP contribution in [0.3, 0.4) is 0 Å². The minimum atomic E-state index is -0.773. The van der Waals surface area contributed by atoms with Crippen LogP contribution >= 0.6 is 0 Å². The molecule has 1 aromatic heterocycles. The van der Waals surface area contributed by atoms with Crippen LogP contribution in [0.1, 0.15) is 51.0 Å². The predicted molar refractivity (Wildman–Crippen MR) is 117 cm³/mol. The van der Waals surface area contributed by atoms with Gasteiger partial charge in [-0.3, -0.25) is 19.2 Å². The molecule has 0 radical (unpaired) electrons. The van der Waals surface area contributed by atoms with E-state index in [1.54, 1.807) is 32.7 Å². The highest BCUT2D eigenvalue weighted by molar-refractivity contribution is 6.43. The molecule has 8 nitrogen and oxygen atoms in total. The van der Waals surface area contributed by atoms with Crippen LogP contribution in [0.15, 0.2) is 18.2 Å². The SMILES string of the molecule is CC(=O)N1CCC(NC(=O)C(=O)c2c(C)c(C(=O)Nc3ccc(F)c(C)c3)c(C)n2C)C1. The number of hydrogen-bond acceptors (Lipinski definition) is 4. The number of nitrogens with one attached hydrogen (secondary N) is 2. The average molecular weight is 442 g/mol. The third-order valence-corrected chi connectivity index (χ3v) is 5.96. The van der Waals surface area contributed by atoms with Crippen molar-refractivity contribution in [1.29, 1.82) is 0 Å². The molecule has 1 aliphatic heterocycles. The van der Waals surface area contributed by atoms with Crippen LogP contribution in [-0.4, -0.2) is 52.1 Å². The molecule has 2 heterocycles. The lowest BCUT2D eigenvalue weighted by molar-refractivity contribution is -0.128. The molecule has 32 heavy (non-hydrogen) atoms. The van der Waals surface area contributed by atoms with Crippen molar-refractivity contribution >= 4 is 29.2 Å². The summed E-state index contributed by atoms with van der Waals surface area (Å²) in [6.07, 6.45) is 0.578. The standard InChI is InChI=1S/C23H27FN4O4/c1-12-10-16(6-7-18(12)24)25-22(31)19-13(2)20(27(5)14(19)3)21(30)23(32)26-17-8-9-28(11-17)15(4)29/h6-7,10,17H,8-9,11H2,1-5H3,(H,25,31)(H,26,32). The largest absolute Gasteiger partial charge is 0.345 e. The van der Waals surface area contributed by atoms with Gasteiger partial charge in [-0.15, -0.1) is 0 Å². The summed E-state index contributed by atoms with van der Waals surface area (Å²) >= 11 is 0. The number of carbonyl (C=O) groups is 4. The second-order valence-electron chi connectivity index (χ2n) is 8.16. The first-order valence-corrected chi connectivity index (χ1v) is 10.3. The lowest BCUT2D eigenvalue weighted by Gasteiger charge is -2.15. The van der Waals surface area contributed by atoms with Crippen molar-refractivity contribution in [2.24, 2.45) is 7.05 Å². The molecule has 1 unspecified atom stereocenters. The van der Waals surface area contributed by atoms with Crippen molar-refractivity contribution in [2.45, 2.75) is 40.2 Å². The Kier molecular flexibility index (Phi) is 6.47. The van der Waals surface area contributed by atoms with Gasteiger partial charge < -0.3 is 20.1 Å². The monoisotopic (exact) mass is 442 g/mol. The Labute approximate surface area is 185 Å². The number of ketones is 1. The van der Waals surface area contributed by atoms with Gasteiger partial charge in [-0.05, 0) is 56.5 Å². The summed E-state index contributed by atoms with van der Waals surface area (Å²) in [5, 5.41) is 5.42. The fourth-order valence-corrected chi connectivity index (χ4v) is 4.07. The van der Waals surface area contributed by atoms with E-state index in [0.717, 1.165) is 0 Å². The zero-order valence-corrected chi connectivity index (χ0v) is 18.8. The molecular weight excluding hydrogens is 415 g/mol. The van der Waals surface area contributed by atoms with E-state index < -0.39 is 17.6 Å². The highest BCUT2D eigenvalue weighted by Gasteiger charge is 2.31. The maximum atomic E-state index is 13.5. The lowest BCUT2D eigenvalue weighted by Crippen LogP contribution is -2.42. The van der Waals surface area contributed by atoms with Gasteiger partial charge in [0.2, 0.25) is 5.91 Å². The molecular formula is C23H27FN4O4. The van der Waals surface area contributed by atoms with Crippen LogP contribution in [0, 0.1) is 26.6 Å². The molecule has 9 heteroatoms. The Hall–Kier alpha value is -3.49. The second kappa shape index (κ2) is 8.94. The van der Waals surface area contributed by atoms with Crippen molar-refractivity contribution in [3.63, 3.8) is 0 Å². The van der Waals surface area contributed by atoms with E-state index in [1.165, 1.54) is 29.7 Å². The van der Waals surface area contributed by atoms with Gasteiger partial charge in [-0.1, -0.05) is 0 Å². The first-order valence-electron chi connectivity index (χ1n) is 10.3. The third-order valence-electron chi connectivity index (χ3n) is 5.96. The van der Waals surface area contributed by atoms with Gasteiger partial charge >= 0.3 is 0 Å². The van der Waals surface area contributed by atoms with Crippen LogP contribution in [0.25, 0.3) is 0 Å². The predicted octanol–water partition coefficient (Wildman–Crippen LogP) is 2.26. The van der Waals surface area contributed by atoms with E-state index in [9.17, 15) is 23.6 Å². The quantitative estimate of drug-likeness (QED) is 0.548. The molecule has 0 spiro atoms. The Morgan fingerprint density at radius 2 is 1.81 bits per heavy atom. The summed E-state index contributed by atoms with van der Waals surface area (Å²) in [5.41, 5.74) is 2.15. The van der Waals surface area contributed by atoms with E-state index in [4.69, 9.17) is 0 Å². The maximum Gasteiger partial charge on any atom is 0.294 e. The van der Waals surface area contributed by atoms with Gasteiger partial charge in [-0.25, -0.2) is 4.39 Å². The zero-order valence-electron chi connectivity index (χ0n) is 18.8. The van der Waals surface area contributed by atoms with Crippen molar-refractivity contribution in [3.8, 4) is 0 Å². The van der Waals surface area contributed by atoms with Gasteiger partial charge in [0.25, 0.3) is 17.6 Å². The Morgan fingerprint density at radius 3 is 2.41 bits per heavy atom. The molecule has 1 fully saturated rings. The molecule has 170 valence electrons. The van der Waals surface area contributed by atoms with Crippen molar-refractivity contribution in [3.05, 3.63) is 52.1 Å². The number of aryl methyl sites for hydroxylation is 1. The van der Waals surface area contributed by atoms with Crippen molar-refractivity contribution < 1.29 is 23.6 Å². The van der Waals surface area contributed by atoms with Crippen LogP contribution < -0.4 is 10.6 Å². The number of anilines is 1. The number of hydrogen-bond donors (Lipinski definition) is 2. The summed E-state index contributed by atoms with van der Waals surface area (Å²) in [4.78, 5) is 51.6. The molecule has 1 saturated heterocycles. The molecule has 2 N–H and O–H groups in total. The lowest BCUT2D eigenvalue weighted by atomic mass is 10.1. The number of benzene rings is 1. The zero-order chi connectivity index (χ0) is 23.7. The number of likely N-dealkylation sites (tertiary alicyclic amines) is 1. The third kappa shape index (κ3) is 4.42. The van der Waals surface area contributed by atoms with E-state index in [2.05, 4.69) is 10.6 Å². The van der Waals surface area contributed by atoms with Gasteiger partial charge in [-0.2, -0.15) is 0 Å². The topological polar surface area (TPSA) is 101 Å². The van der Waals surface area contributed by atoms with Gasteiger partial charge in [0.15, 0.2) is 0 Å². The smallest absolute Gasteiger partial charge is 0.294 e. The number of Topliss-reactive ketones (excluding diaryl/α,β-unsaturated/α-hetero) is 1. The molecule has 3 rings (SSSR count). The second-order valence-corrected chi connectivity index (χ2v) is 8.16. The fraction of sp³-hybridized carbons (Fsp3) is 0.391. The summed E-state index contributed by atoms with van der Waals surface area (Å²) in [5.74, 6) is -2.41. The van der Waals surface area contributed by atoms with Gasteiger partial charge in [0, 0.05) is 44.5 Å². The molecule has 1 aliphatic rings. The maximum absolute atomic E-state index is 13.5. The molecule has 0 saturated carbocycles. The fourth-order valence-electron chi connectivity index (χ4n) is 4.07. The van der Waals surface area contributed by atoms with Crippen LogP contribution in [-0.2, 0) is 16.6 Å². The van der Waals surface area contributed by atoms with Crippen LogP contribution in [0.2, 0.25) is 0 Å². The number of rotatable bonds is 5. The van der Waals surface area contributed by atoms with Crippen molar-refractivity contribution in [2.75, 3.05) is 18.4 Å². The number of halogens is 1. The summed E-state index contributed by atoms with van der Waals surface area (Å²) in [6, 6.07) is 3.96. The van der Waals surface area contributed by atoms with Crippen LogP contribution in [0.4, 0.5) is 10.1 Å². The van der Waals surface area contributed by atoms with Gasteiger partial charge in [0.1, 0.15) is 5.82 Å². The minimum absolute atomic E-state index is 0.0750. The first kappa shape index (κ1) is 23.2. The molecule has 0 aliphatic carbocycles. The summed E-state index contributed by atoms with van der Waals surface area (Å²) in [6.45, 7) is 7.26. The highest BCUT2D eigenvalue weighted by atomic mass is 19.1. The van der Waals surface area contributed by atoms with E-state index in [1.807, 2.05) is 0 Å². The van der Waals surface area contributed by atoms with E-state index in [0.29, 0.717) is 42.0 Å². The Morgan fingerprint density at radius 1 is 1.12 bits per heavy atom. The normalized spacial score (nSPS) is 15.6. The van der Waals surface area contributed by atoms with Gasteiger partial charge in [0.05, 0.1) is 11.3 Å². The number of aromatic nitrogens is 1. The molecule has 1 atom stereocenters. The summed E-state index contributed by atoms with van der Waals surface area (Å²) < 4.78 is 15.0. The molecule has 3 amide bonds. The summed E-state index contributed by atoms with van der Waals surface area (Å²) in [7, 11) is 1.62. The molecule has 2 aromatic rings.